The molecule has 3 rings (SSSR count). The van der Waals surface area contributed by atoms with E-state index in [1.165, 1.54) is 18.4 Å². The molecule has 5 nitrogen and oxygen atoms in total. The standard InChI is InChI=1S/C19H30N4O/c1-15-3-2-4-18(13-15)22-19(24)21-17-7-11-23(12-8-17)14-16-5-9-20-10-6-16/h5-6,9-10,15,17-18H,2-4,7-8,11-14H2,1H3,(H2,21,22,24)/t15-,18-/m1/s1. The van der Waals surface area contributed by atoms with Crippen molar-refractivity contribution >= 4 is 6.03 Å². The summed E-state index contributed by atoms with van der Waals surface area (Å²) in [6.45, 7) is 5.33. The Balaban J connectivity index is 1.36. The van der Waals surface area contributed by atoms with Gasteiger partial charge in [-0.1, -0.05) is 19.8 Å². The lowest BCUT2D eigenvalue weighted by Crippen LogP contribution is -2.50. The highest BCUT2D eigenvalue weighted by Gasteiger charge is 2.23. The van der Waals surface area contributed by atoms with Crippen LogP contribution < -0.4 is 10.6 Å². The van der Waals surface area contributed by atoms with Crippen LogP contribution in [0.2, 0.25) is 0 Å². The van der Waals surface area contributed by atoms with Crippen molar-refractivity contribution in [3.8, 4) is 0 Å². The Morgan fingerprint density at radius 1 is 1.12 bits per heavy atom. The Bertz CT molecular complexity index is 513. The first-order chi connectivity index (χ1) is 11.7. The van der Waals surface area contributed by atoms with Crippen LogP contribution in [0.5, 0.6) is 0 Å². The fraction of sp³-hybridized carbons (Fsp3) is 0.684. The van der Waals surface area contributed by atoms with Crippen LogP contribution in [-0.4, -0.2) is 41.1 Å². The van der Waals surface area contributed by atoms with Gasteiger partial charge >= 0.3 is 6.03 Å². The molecule has 2 heterocycles. The van der Waals surface area contributed by atoms with E-state index < -0.39 is 0 Å². The van der Waals surface area contributed by atoms with Crippen molar-refractivity contribution in [2.45, 2.75) is 64.1 Å². The number of nitrogens with zero attached hydrogens (tertiary/aromatic N) is 2. The van der Waals surface area contributed by atoms with E-state index in [1.807, 2.05) is 12.4 Å². The molecular weight excluding hydrogens is 300 g/mol. The summed E-state index contributed by atoms with van der Waals surface area (Å²) in [6, 6.07) is 4.84. The maximum absolute atomic E-state index is 12.2. The minimum atomic E-state index is 0.0293. The number of nitrogens with one attached hydrogen (secondary N) is 2. The third-order valence-corrected chi connectivity index (χ3v) is 5.35. The van der Waals surface area contributed by atoms with Gasteiger partial charge in [-0.25, -0.2) is 4.79 Å². The summed E-state index contributed by atoms with van der Waals surface area (Å²) >= 11 is 0. The average Bonchev–Trinajstić information content (AvgIpc) is 2.57. The molecule has 24 heavy (non-hydrogen) atoms. The fourth-order valence-corrected chi connectivity index (χ4v) is 3.96. The minimum absolute atomic E-state index is 0.0293. The molecule has 0 aromatic carbocycles. The summed E-state index contributed by atoms with van der Waals surface area (Å²) < 4.78 is 0. The van der Waals surface area contributed by atoms with E-state index in [1.54, 1.807) is 0 Å². The lowest BCUT2D eigenvalue weighted by molar-refractivity contribution is 0.183. The van der Waals surface area contributed by atoms with Crippen LogP contribution >= 0.6 is 0 Å². The normalized spacial score (nSPS) is 26.0. The molecule has 1 aromatic heterocycles. The van der Waals surface area contributed by atoms with Crippen molar-refractivity contribution in [3.63, 3.8) is 0 Å². The summed E-state index contributed by atoms with van der Waals surface area (Å²) in [5, 5.41) is 6.36. The first-order valence-electron chi connectivity index (χ1n) is 9.37. The minimum Gasteiger partial charge on any atom is -0.335 e. The van der Waals surface area contributed by atoms with E-state index in [4.69, 9.17) is 0 Å². The van der Waals surface area contributed by atoms with Crippen molar-refractivity contribution in [3.05, 3.63) is 30.1 Å². The number of pyridine rings is 1. The molecule has 2 amide bonds. The molecule has 2 N–H and O–H groups in total. The number of likely N-dealkylation sites (tertiary alicyclic amines) is 1. The molecule has 0 bridgehead atoms. The van der Waals surface area contributed by atoms with Crippen molar-refractivity contribution in [2.75, 3.05) is 13.1 Å². The Morgan fingerprint density at radius 3 is 2.54 bits per heavy atom. The highest BCUT2D eigenvalue weighted by molar-refractivity contribution is 5.74. The van der Waals surface area contributed by atoms with Crippen LogP contribution in [0.3, 0.4) is 0 Å². The van der Waals surface area contributed by atoms with Gasteiger partial charge in [-0.15, -0.1) is 0 Å². The van der Waals surface area contributed by atoms with Crippen LogP contribution in [-0.2, 0) is 6.54 Å². The van der Waals surface area contributed by atoms with Gasteiger partial charge in [0.25, 0.3) is 0 Å². The van der Waals surface area contributed by atoms with E-state index in [0.717, 1.165) is 51.2 Å². The van der Waals surface area contributed by atoms with Crippen LogP contribution in [0.4, 0.5) is 4.79 Å². The second kappa shape index (κ2) is 8.47. The van der Waals surface area contributed by atoms with Gasteiger partial charge in [-0.2, -0.15) is 0 Å². The molecule has 1 aliphatic carbocycles. The van der Waals surface area contributed by atoms with E-state index in [9.17, 15) is 4.79 Å². The van der Waals surface area contributed by atoms with E-state index in [-0.39, 0.29) is 6.03 Å². The largest absolute Gasteiger partial charge is 0.335 e. The molecule has 5 heteroatoms. The maximum Gasteiger partial charge on any atom is 0.315 e. The van der Waals surface area contributed by atoms with E-state index in [0.29, 0.717) is 12.1 Å². The molecular formula is C19H30N4O. The Labute approximate surface area is 145 Å². The van der Waals surface area contributed by atoms with Gasteiger partial charge < -0.3 is 10.6 Å². The van der Waals surface area contributed by atoms with Crippen molar-refractivity contribution in [1.82, 2.24) is 20.5 Å². The van der Waals surface area contributed by atoms with Gasteiger partial charge in [0.05, 0.1) is 0 Å². The number of aromatic nitrogens is 1. The van der Waals surface area contributed by atoms with Gasteiger partial charge in [-0.3, -0.25) is 9.88 Å². The molecule has 1 aromatic rings. The molecule has 132 valence electrons. The van der Waals surface area contributed by atoms with Crippen molar-refractivity contribution in [2.24, 2.45) is 5.92 Å². The maximum atomic E-state index is 12.2. The Morgan fingerprint density at radius 2 is 1.83 bits per heavy atom. The predicted octanol–water partition coefficient (Wildman–Crippen LogP) is 2.92. The summed E-state index contributed by atoms with van der Waals surface area (Å²) in [7, 11) is 0. The van der Waals surface area contributed by atoms with Gasteiger partial charge in [0.15, 0.2) is 0 Å². The van der Waals surface area contributed by atoms with E-state index >= 15 is 0 Å². The summed E-state index contributed by atoms with van der Waals surface area (Å²) in [4.78, 5) is 18.7. The Kier molecular flexibility index (Phi) is 6.07. The lowest BCUT2D eigenvalue weighted by Gasteiger charge is -2.33. The molecule has 0 unspecified atom stereocenters. The molecule has 0 radical (unpaired) electrons. The van der Waals surface area contributed by atoms with E-state index in [2.05, 4.69) is 39.6 Å². The average molecular weight is 330 g/mol. The summed E-state index contributed by atoms with van der Waals surface area (Å²) in [5.41, 5.74) is 1.31. The number of carbonyl (C=O) groups excluding carboxylic acids is 1. The monoisotopic (exact) mass is 330 g/mol. The van der Waals surface area contributed by atoms with Crippen LogP contribution in [0.15, 0.2) is 24.5 Å². The number of urea groups is 1. The fourth-order valence-electron chi connectivity index (χ4n) is 3.96. The second-order valence-corrected chi connectivity index (χ2v) is 7.49. The topological polar surface area (TPSA) is 57.3 Å². The predicted molar refractivity (Wildman–Crippen MR) is 95.6 cm³/mol. The molecule has 1 saturated carbocycles. The van der Waals surface area contributed by atoms with Gasteiger partial charge in [0, 0.05) is 44.1 Å². The van der Waals surface area contributed by atoms with Gasteiger partial charge in [0.1, 0.15) is 0 Å². The summed E-state index contributed by atoms with van der Waals surface area (Å²) in [6.07, 6.45) is 10.5. The first-order valence-corrected chi connectivity index (χ1v) is 9.37. The Hall–Kier alpha value is -1.62. The number of hydrogen-bond donors (Lipinski definition) is 2. The highest BCUT2D eigenvalue weighted by Crippen LogP contribution is 2.23. The quantitative estimate of drug-likeness (QED) is 0.892. The molecule has 2 aliphatic rings. The van der Waals surface area contributed by atoms with Crippen molar-refractivity contribution in [1.29, 1.82) is 0 Å². The van der Waals surface area contributed by atoms with Crippen LogP contribution in [0, 0.1) is 5.92 Å². The molecule has 1 saturated heterocycles. The second-order valence-electron chi connectivity index (χ2n) is 7.49. The SMILES string of the molecule is C[C@@H]1CCC[C@@H](NC(=O)NC2CCN(Cc3ccncc3)CC2)C1. The van der Waals surface area contributed by atoms with Gasteiger partial charge in [-0.05, 0) is 49.3 Å². The third kappa shape index (κ3) is 5.20. The molecule has 2 fully saturated rings. The number of hydrogen-bond acceptors (Lipinski definition) is 3. The first kappa shape index (κ1) is 17.2. The highest BCUT2D eigenvalue weighted by atomic mass is 16.2. The van der Waals surface area contributed by atoms with Crippen LogP contribution in [0.25, 0.3) is 0 Å². The lowest BCUT2D eigenvalue weighted by atomic mass is 9.87. The zero-order valence-corrected chi connectivity index (χ0v) is 14.7. The molecule has 0 spiro atoms. The smallest absolute Gasteiger partial charge is 0.315 e. The number of carbonyl (C=O) groups is 1. The third-order valence-electron chi connectivity index (χ3n) is 5.35. The zero-order chi connectivity index (χ0) is 16.8. The number of rotatable bonds is 4. The van der Waals surface area contributed by atoms with Crippen molar-refractivity contribution < 1.29 is 4.79 Å². The summed E-state index contributed by atoms with van der Waals surface area (Å²) in [5.74, 6) is 0.737. The van der Waals surface area contributed by atoms with Crippen LogP contribution in [0.1, 0.15) is 51.0 Å². The van der Waals surface area contributed by atoms with Gasteiger partial charge in [0.2, 0.25) is 0 Å². The number of amides is 2. The zero-order valence-electron chi connectivity index (χ0n) is 14.7. The molecule has 1 aliphatic heterocycles. The number of piperidine rings is 1. The molecule has 2 atom stereocenters.